The number of nitrogens with zero attached hydrogens (tertiary/aromatic N) is 4. The quantitative estimate of drug-likeness (QED) is 0.278. The summed E-state index contributed by atoms with van der Waals surface area (Å²) in [7, 11) is 0. The fraction of sp³-hybridized carbons (Fsp3) is 0. The Bertz CT molecular complexity index is 491. The lowest BCUT2D eigenvalue weighted by atomic mass is 10.5. The van der Waals surface area contributed by atoms with Crippen LogP contribution in [0.5, 0.6) is 0 Å². The van der Waals surface area contributed by atoms with Crippen molar-refractivity contribution in [2.75, 3.05) is 0 Å². The summed E-state index contributed by atoms with van der Waals surface area (Å²) in [4.78, 5) is 19.6. The first kappa shape index (κ1) is 12.1. The predicted octanol–water partition coefficient (Wildman–Crippen LogP) is -0.491. The normalized spacial score (nSPS) is 11.6. The molecule has 0 spiro atoms. The van der Waals surface area contributed by atoms with Gasteiger partial charge in [-0.1, -0.05) is 0 Å². The van der Waals surface area contributed by atoms with E-state index in [1.807, 2.05) is 0 Å². The molecule has 1 aromatic rings. The van der Waals surface area contributed by atoms with Crippen LogP contribution < -0.4 is 11.2 Å². The molecular weight excluding hydrogens is 236 g/mol. The Balaban J connectivity index is 2.64. The molecule has 0 atom stereocenters. The summed E-state index contributed by atoms with van der Waals surface area (Å²) in [6, 6.07) is 2.44. The molecule has 0 aromatic carbocycles. The van der Waals surface area contributed by atoms with E-state index in [4.69, 9.17) is 15.4 Å². The van der Waals surface area contributed by atoms with Gasteiger partial charge >= 0.3 is 10.9 Å². The van der Waals surface area contributed by atoms with Crippen molar-refractivity contribution in [3.05, 3.63) is 32.9 Å². The molecule has 11 nitrogen and oxygen atoms in total. The Labute approximate surface area is 92.9 Å². The molecule has 0 saturated heterocycles. The van der Waals surface area contributed by atoms with Gasteiger partial charge in [-0.15, -0.1) is 5.10 Å². The van der Waals surface area contributed by atoms with Crippen molar-refractivity contribution in [1.29, 1.82) is 0 Å². The van der Waals surface area contributed by atoms with Crippen molar-refractivity contribution in [2.45, 2.75) is 0 Å². The van der Waals surface area contributed by atoms with Crippen LogP contribution in [0.2, 0.25) is 0 Å². The van der Waals surface area contributed by atoms with Crippen molar-refractivity contribution in [1.82, 2.24) is 5.43 Å². The maximum atomic E-state index is 10.3. The molecule has 90 valence electrons. The van der Waals surface area contributed by atoms with Crippen LogP contribution in [0.4, 0.5) is 5.88 Å². The third kappa shape index (κ3) is 3.94. The van der Waals surface area contributed by atoms with Gasteiger partial charge < -0.3 is 10.2 Å². The van der Waals surface area contributed by atoms with Gasteiger partial charge in [-0.25, -0.2) is 5.21 Å². The zero-order chi connectivity index (χ0) is 12.8. The third-order valence-electron chi connectivity index (χ3n) is 1.35. The summed E-state index contributed by atoms with van der Waals surface area (Å²) in [6.07, 6.45) is 1.04. The van der Waals surface area contributed by atoms with Gasteiger partial charge in [0.15, 0.2) is 5.76 Å². The molecule has 0 saturated carbocycles. The van der Waals surface area contributed by atoms with Crippen LogP contribution in [0.25, 0.3) is 0 Å². The Morgan fingerprint density at radius 1 is 1.59 bits per heavy atom. The molecule has 17 heavy (non-hydrogen) atoms. The van der Waals surface area contributed by atoms with E-state index in [0.717, 1.165) is 12.3 Å². The third-order valence-corrected chi connectivity index (χ3v) is 1.35. The van der Waals surface area contributed by atoms with E-state index in [0.29, 0.717) is 0 Å². The van der Waals surface area contributed by atoms with Gasteiger partial charge in [0, 0.05) is 0 Å². The van der Waals surface area contributed by atoms with E-state index in [9.17, 15) is 15.0 Å². The van der Waals surface area contributed by atoms with E-state index in [1.165, 1.54) is 6.07 Å². The van der Waals surface area contributed by atoms with Gasteiger partial charge in [0.2, 0.25) is 0 Å². The maximum Gasteiger partial charge on any atom is 0.433 e. The minimum atomic E-state index is -0.711. The zero-order valence-corrected chi connectivity index (χ0v) is 8.18. The Hall–Kier alpha value is -2.98. The Morgan fingerprint density at radius 3 is 2.82 bits per heavy atom. The van der Waals surface area contributed by atoms with Crippen molar-refractivity contribution >= 4 is 18.1 Å². The highest BCUT2D eigenvalue weighted by atomic mass is 16.7. The summed E-state index contributed by atoms with van der Waals surface area (Å²) in [6.45, 7) is 0. The number of nitro groups is 1. The SMILES string of the molecule is N/C(=N\N=C\c1ccc([N+](=O)[O-])o1)N[N+](=O)O. The van der Waals surface area contributed by atoms with E-state index in [1.54, 1.807) is 5.43 Å². The van der Waals surface area contributed by atoms with E-state index >= 15 is 0 Å². The van der Waals surface area contributed by atoms with E-state index < -0.39 is 21.8 Å². The van der Waals surface area contributed by atoms with Crippen LogP contribution in [0.1, 0.15) is 5.76 Å². The van der Waals surface area contributed by atoms with Gasteiger partial charge in [-0.05, 0) is 11.5 Å². The minimum Gasteiger partial charge on any atom is -0.400 e. The van der Waals surface area contributed by atoms with Crippen LogP contribution >= 0.6 is 0 Å². The Morgan fingerprint density at radius 2 is 2.29 bits per heavy atom. The fourth-order valence-corrected chi connectivity index (χ4v) is 0.778. The first-order valence-corrected chi connectivity index (χ1v) is 4.02. The standard InChI is InChI=1S/C6H7N6O5/c7-6(10-12(15)16)9-8-3-4-1-2-5(17-4)11(13)14/h1-3H,(H,15,16)(H3,7,9,10)/q+1/b8-3+. The van der Waals surface area contributed by atoms with Crippen molar-refractivity contribution in [2.24, 2.45) is 15.9 Å². The number of guanidine groups is 1. The second-order valence-corrected chi connectivity index (χ2v) is 2.55. The van der Waals surface area contributed by atoms with Crippen LogP contribution in [0, 0.1) is 15.0 Å². The predicted molar refractivity (Wildman–Crippen MR) is 53.1 cm³/mol. The highest BCUT2D eigenvalue weighted by molar-refractivity contribution is 5.79. The first-order valence-electron chi connectivity index (χ1n) is 4.02. The molecule has 0 aliphatic carbocycles. The van der Waals surface area contributed by atoms with Gasteiger partial charge in [0.1, 0.15) is 9.83 Å². The van der Waals surface area contributed by atoms with Crippen molar-refractivity contribution in [3.63, 3.8) is 0 Å². The summed E-state index contributed by atoms with van der Waals surface area (Å²) >= 11 is 0. The number of furan rings is 1. The molecule has 1 rings (SSSR count). The zero-order valence-electron chi connectivity index (χ0n) is 8.18. The number of hydrogen-bond donors (Lipinski definition) is 3. The highest BCUT2D eigenvalue weighted by Gasteiger charge is 2.10. The number of nitrogens with two attached hydrogens (primary N) is 1. The number of nitrogens with one attached hydrogen (secondary N) is 1. The molecular formula is C6H7N6O5+. The monoisotopic (exact) mass is 243 g/mol. The van der Waals surface area contributed by atoms with Gasteiger partial charge in [-0.3, -0.25) is 10.1 Å². The molecule has 0 amide bonds. The molecule has 11 heteroatoms. The molecule has 0 unspecified atom stereocenters. The molecule has 0 aliphatic heterocycles. The first-order chi connectivity index (χ1) is 7.99. The van der Waals surface area contributed by atoms with E-state index in [2.05, 4.69) is 10.2 Å². The summed E-state index contributed by atoms with van der Waals surface area (Å²) < 4.78 is 4.71. The molecule has 0 aliphatic rings. The number of hydrazine groups is 1. The topological polar surface area (TPSA) is 159 Å². The molecule has 4 N–H and O–H groups in total. The second kappa shape index (κ2) is 5.20. The largest absolute Gasteiger partial charge is 0.433 e. The fourth-order valence-electron chi connectivity index (χ4n) is 0.778. The van der Waals surface area contributed by atoms with Gasteiger partial charge in [0.05, 0.1) is 12.3 Å². The van der Waals surface area contributed by atoms with E-state index in [-0.39, 0.29) is 5.76 Å². The Kier molecular flexibility index (Phi) is 3.70. The molecule has 1 aromatic heterocycles. The van der Waals surface area contributed by atoms with Gasteiger partial charge in [-0.2, -0.15) is 5.10 Å². The van der Waals surface area contributed by atoms with Crippen LogP contribution in [0.15, 0.2) is 26.8 Å². The smallest absolute Gasteiger partial charge is 0.400 e. The lowest BCUT2D eigenvalue weighted by molar-refractivity contribution is -0.822. The summed E-state index contributed by atoms with van der Waals surface area (Å²) in [5, 5.41) is 24.3. The van der Waals surface area contributed by atoms with Crippen LogP contribution in [-0.2, 0) is 0 Å². The lowest BCUT2D eigenvalue weighted by Gasteiger charge is -1.86. The molecule has 0 radical (unpaired) electrons. The second-order valence-electron chi connectivity index (χ2n) is 2.55. The average Bonchev–Trinajstić information content (AvgIpc) is 2.65. The number of hydrogen-bond acceptors (Lipinski definition) is 6. The minimum absolute atomic E-state index is 0.0798. The number of rotatable bonds is 4. The maximum absolute atomic E-state index is 10.3. The molecule has 1 heterocycles. The van der Waals surface area contributed by atoms with Crippen LogP contribution in [-0.4, -0.2) is 27.3 Å². The van der Waals surface area contributed by atoms with Crippen molar-refractivity contribution in [3.8, 4) is 0 Å². The summed E-state index contributed by atoms with van der Waals surface area (Å²) in [5.74, 6) is -0.835. The van der Waals surface area contributed by atoms with Crippen LogP contribution in [0.3, 0.4) is 0 Å². The average molecular weight is 243 g/mol. The molecule has 0 bridgehead atoms. The summed E-state index contributed by atoms with van der Waals surface area (Å²) in [5.41, 5.74) is 6.74. The van der Waals surface area contributed by atoms with Gasteiger partial charge in [0.25, 0.3) is 5.96 Å². The molecule has 0 fully saturated rings. The lowest BCUT2D eigenvalue weighted by Crippen LogP contribution is -2.36. The highest BCUT2D eigenvalue weighted by Crippen LogP contribution is 2.13. The van der Waals surface area contributed by atoms with Crippen molar-refractivity contribution < 1.29 is 19.6 Å².